The van der Waals surface area contributed by atoms with Crippen LogP contribution in [0.25, 0.3) is 10.1 Å². The number of thiophene rings is 1. The Morgan fingerprint density at radius 3 is 2.71 bits per heavy atom. The van der Waals surface area contributed by atoms with Crippen LogP contribution in [0.15, 0.2) is 42.5 Å². The molecule has 21 heavy (non-hydrogen) atoms. The first-order valence-corrected chi connectivity index (χ1v) is 7.29. The second-order valence-corrected chi connectivity index (χ2v) is 5.88. The smallest absolute Gasteiger partial charge is 0.267 e. The van der Waals surface area contributed by atoms with Gasteiger partial charge in [0.15, 0.2) is 0 Å². The summed E-state index contributed by atoms with van der Waals surface area (Å²) in [6, 6.07) is 11.5. The highest BCUT2D eigenvalue weighted by Gasteiger charge is 2.16. The molecule has 1 amide bonds. The van der Waals surface area contributed by atoms with E-state index >= 15 is 0 Å². The number of hydrogen-bond acceptors (Lipinski definition) is 3. The van der Waals surface area contributed by atoms with Gasteiger partial charge in [0.25, 0.3) is 5.91 Å². The van der Waals surface area contributed by atoms with Gasteiger partial charge in [-0.2, -0.15) is 0 Å². The standard InChI is InChI=1S/C15H10ClFN2OS/c16-10-7-8(5-6-11(10)17)19-15(20)14-13(18)9-3-1-2-4-12(9)21-14/h1-7H,18H2,(H,19,20). The van der Waals surface area contributed by atoms with Gasteiger partial charge in [0.05, 0.1) is 10.7 Å². The highest BCUT2D eigenvalue weighted by Crippen LogP contribution is 2.34. The summed E-state index contributed by atoms with van der Waals surface area (Å²) in [5, 5.41) is 3.48. The summed E-state index contributed by atoms with van der Waals surface area (Å²) in [6.07, 6.45) is 0. The molecule has 0 aliphatic rings. The molecule has 106 valence electrons. The molecule has 1 heterocycles. The molecule has 0 radical (unpaired) electrons. The molecule has 3 rings (SSSR count). The molecule has 0 unspecified atom stereocenters. The molecule has 0 aliphatic heterocycles. The first-order chi connectivity index (χ1) is 10.1. The van der Waals surface area contributed by atoms with Crippen molar-refractivity contribution in [1.29, 1.82) is 0 Å². The Kier molecular flexibility index (Phi) is 3.53. The summed E-state index contributed by atoms with van der Waals surface area (Å²) in [5.41, 5.74) is 6.88. The molecule has 0 bridgehead atoms. The van der Waals surface area contributed by atoms with Crippen LogP contribution in [0.5, 0.6) is 0 Å². The van der Waals surface area contributed by atoms with E-state index in [0.717, 1.165) is 10.1 Å². The molecule has 0 fully saturated rings. The lowest BCUT2D eigenvalue weighted by Gasteiger charge is -2.05. The van der Waals surface area contributed by atoms with Gasteiger partial charge in [0.1, 0.15) is 10.7 Å². The molecule has 2 aromatic carbocycles. The SMILES string of the molecule is Nc1c(C(=O)Nc2ccc(F)c(Cl)c2)sc2ccccc12. The van der Waals surface area contributed by atoms with Crippen LogP contribution in [-0.2, 0) is 0 Å². The summed E-state index contributed by atoms with van der Waals surface area (Å²) < 4.78 is 14.0. The van der Waals surface area contributed by atoms with Gasteiger partial charge < -0.3 is 11.1 Å². The van der Waals surface area contributed by atoms with Crippen LogP contribution < -0.4 is 11.1 Å². The molecule has 0 saturated carbocycles. The van der Waals surface area contributed by atoms with Crippen LogP contribution >= 0.6 is 22.9 Å². The average molecular weight is 321 g/mol. The normalized spacial score (nSPS) is 10.8. The lowest BCUT2D eigenvalue weighted by atomic mass is 10.2. The Labute approximate surface area is 129 Å². The molecule has 6 heteroatoms. The number of carbonyl (C=O) groups excluding carboxylic acids is 1. The van der Waals surface area contributed by atoms with Crippen LogP contribution in [-0.4, -0.2) is 5.91 Å². The van der Waals surface area contributed by atoms with Gasteiger partial charge in [-0.15, -0.1) is 11.3 Å². The quantitative estimate of drug-likeness (QED) is 0.729. The Morgan fingerprint density at radius 1 is 1.24 bits per heavy atom. The third kappa shape index (κ3) is 2.57. The maximum atomic E-state index is 13.1. The van der Waals surface area contributed by atoms with E-state index < -0.39 is 5.82 Å². The molecule has 0 spiro atoms. The van der Waals surface area contributed by atoms with Gasteiger partial charge in [-0.25, -0.2) is 4.39 Å². The number of fused-ring (bicyclic) bond motifs is 1. The van der Waals surface area contributed by atoms with E-state index in [-0.39, 0.29) is 10.9 Å². The number of halogens is 2. The summed E-state index contributed by atoms with van der Waals surface area (Å²) >= 11 is 7.00. The maximum absolute atomic E-state index is 13.1. The minimum atomic E-state index is -0.531. The van der Waals surface area contributed by atoms with E-state index in [4.69, 9.17) is 17.3 Å². The summed E-state index contributed by atoms with van der Waals surface area (Å²) in [7, 11) is 0. The Balaban J connectivity index is 1.93. The molecule has 3 N–H and O–H groups in total. The molecule has 3 aromatic rings. The lowest BCUT2D eigenvalue weighted by Crippen LogP contribution is -2.12. The molecule has 3 nitrogen and oxygen atoms in total. The first-order valence-electron chi connectivity index (χ1n) is 6.09. The Hall–Kier alpha value is -2.11. The van der Waals surface area contributed by atoms with Crippen LogP contribution in [0.4, 0.5) is 15.8 Å². The number of rotatable bonds is 2. The topological polar surface area (TPSA) is 55.1 Å². The van der Waals surface area contributed by atoms with Gasteiger partial charge in [0, 0.05) is 15.8 Å². The predicted molar refractivity (Wildman–Crippen MR) is 85.6 cm³/mol. The minimum Gasteiger partial charge on any atom is -0.397 e. The highest BCUT2D eigenvalue weighted by molar-refractivity contribution is 7.21. The van der Waals surface area contributed by atoms with E-state index in [9.17, 15) is 9.18 Å². The fourth-order valence-electron chi connectivity index (χ4n) is 2.00. The van der Waals surface area contributed by atoms with Crippen LogP contribution in [0, 0.1) is 5.82 Å². The van der Waals surface area contributed by atoms with Gasteiger partial charge in [0.2, 0.25) is 0 Å². The van der Waals surface area contributed by atoms with Gasteiger partial charge in [-0.1, -0.05) is 29.8 Å². The highest BCUT2D eigenvalue weighted by atomic mass is 35.5. The predicted octanol–water partition coefficient (Wildman–Crippen LogP) is 4.53. The average Bonchev–Trinajstić information content (AvgIpc) is 2.81. The largest absolute Gasteiger partial charge is 0.397 e. The van der Waals surface area contributed by atoms with E-state index in [1.54, 1.807) is 0 Å². The summed E-state index contributed by atoms with van der Waals surface area (Å²) in [4.78, 5) is 12.7. The summed E-state index contributed by atoms with van der Waals surface area (Å²) in [5.74, 6) is -0.868. The fourth-order valence-corrected chi connectivity index (χ4v) is 3.19. The molecule has 0 atom stereocenters. The number of benzene rings is 2. The van der Waals surface area contributed by atoms with E-state index in [1.807, 2.05) is 24.3 Å². The van der Waals surface area contributed by atoms with E-state index in [1.165, 1.54) is 29.5 Å². The second kappa shape index (κ2) is 5.35. The van der Waals surface area contributed by atoms with Crippen molar-refractivity contribution in [3.05, 3.63) is 58.2 Å². The minimum absolute atomic E-state index is 0.0443. The van der Waals surface area contributed by atoms with Crippen molar-refractivity contribution in [2.45, 2.75) is 0 Å². The van der Waals surface area contributed by atoms with Crippen molar-refractivity contribution in [2.75, 3.05) is 11.1 Å². The van der Waals surface area contributed by atoms with Crippen molar-refractivity contribution < 1.29 is 9.18 Å². The number of nitrogens with two attached hydrogens (primary N) is 1. The van der Waals surface area contributed by atoms with Gasteiger partial charge >= 0.3 is 0 Å². The number of nitrogen functional groups attached to an aromatic ring is 1. The van der Waals surface area contributed by atoms with Crippen LogP contribution in [0.2, 0.25) is 5.02 Å². The van der Waals surface area contributed by atoms with Crippen molar-refractivity contribution in [2.24, 2.45) is 0 Å². The van der Waals surface area contributed by atoms with Crippen LogP contribution in [0.1, 0.15) is 9.67 Å². The third-order valence-corrected chi connectivity index (χ3v) is 4.49. The van der Waals surface area contributed by atoms with Crippen molar-refractivity contribution in [1.82, 2.24) is 0 Å². The van der Waals surface area contributed by atoms with Gasteiger partial charge in [-0.3, -0.25) is 4.79 Å². The third-order valence-electron chi connectivity index (χ3n) is 3.02. The molecular formula is C15H10ClFN2OS. The Morgan fingerprint density at radius 2 is 2.00 bits per heavy atom. The first kappa shape index (κ1) is 13.9. The molecule has 0 saturated heterocycles. The number of nitrogens with one attached hydrogen (secondary N) is 1. The molecule has 0 aliphatic carbocycles. The number of carbonyl (C=O) groups is 1. The second-order valence-electron chi connectivity index (χ2n) is 4.42. The van der Waals surface area contributed by atoms with Crippen molar-refractivity contribution in [3.8, 4) is 0 Å². The Bertz CT molecular complexity index is 847. The monoisotopic (exact) mass is 320 g/mol. The number of hydrogen-bond donors (Lipinski definition) is 2. The van der Waals surface area contributed by atoms with Gasteiger partial charge in [-0.05, 0) is 24.3 Å². The van der Waals surface area contributed by atoms with Crippen molar-refractivity contribution in [3.63, 3.8) is 0 Å². The number of amides is 1. The zero-order valence-corrected chi connectivity index (χ0v) is 12.3. The van der Waals surface area contributed by atoms with Crippen molar-refractivity contribution >= 4 is 50.3 Å². The zero-order valence-electron chi connectivity index (χ0n) is 10.7. The van der Waals surface area contributed by atoms with Crippen LogP contribution in [0.3, 0.4) is 0 Å². The molecule has 1 aromatic heterocycles. The lowest BCUT2D eigenvalue weighted by molar-refractivity contribution is 0.103. The zero-order chi connectivity index (χ0) is 15.0. The fraction of sp³-hybridized carbons (Fsp3) is 0. The maximum Gasteiger partial charge on any atom is 0.267 e. The molecular weight excluding hydrogens is 311 g/mol. The number of anilines is 2. The summed E-state index contributed by atoms with van der Waals surface area (Å²) in [6.45, 7) is 0. The van der Waals surface area contributed by atoms with E-state index in [0.29, 0.717) is 16.3 Å². The van der Waals surface area contributed by atoms with E-state index in [2.05, 4.69) is 5.32 Å².